The Bertz CT molecular complexity index is 641. The number of nitrogens with one attached hydrogen (secondary N) is 1. The molecule has 0 bridgehead atoms. The average Bonchev–Trinajstić information content (AvgIpc) is 2.49. The van der Waals surface area contributed by atoms with E-state index in [4.69, 9.17) is 0 Å². The summed E-state index contributed by atoms with van der Waals surface area (Å²) in [6, 6.07) is 9.65. The summed E-state index contributed by atoms with van der Waals surface area (Å²) < 4.78 is 0. The molecule has 2 rings (SSSR count). The van der Waals surface area contributed by atoms with E-state index in [0.717, 1.165) is 11.1 Å². The molecule has 0 aliphatic rings. The minimum atomic E-state index is -1.05. The quantitative estimate of drug-likeness (QED) is 0.877. The summed E-state index contributed by atoms with van der Waals surface area (Å²) in [6.07, 6.45) is 3.23. The van der Waals surface area contributed by atoms with E-state index in [1.54, 1.807) is 12.1 Å². The number of carbonyl (C=O) groups is 2. The van der Waals surface area contributed by atoms with Crippen LogP contribution in [0, 0.1) is 6.92 Å². The first-order valence-electron chi connectivity index (χ1n) is 6.56. The number of hydrogen-bond acceptors (Lipinski definition) is 3. The standard InChI is InChI=1S/C16H16N2O3/c1-11-4-2-3-5-13(11)10-14(16(20)21)18-15(19)12-6-8-17-9-7-12/h2-9,14H,10H2,1H3,(H,18,19)(H,20,21)/t14-/m1/s1. The van der Waals surface area contributed by atoms with Crippen LogP contribution in [0.15, 0.2) is 48.8 Å². The number of carboxylic acids is 1. The van der Waals surface area contributed by atoms with E-state index in [0.29, 0.717) is 5.56 Å². The normalized spacial score (nSPS) is 11.7. The molecule has 21 heavy (non-hydrogen) atoms. The van der Waals surface area contributed by atoms with Gasteiger partial charge in [-0.05, 0) is 30.2 Å². The highest BCUT2D eigenvalue weighted by Gasteiger charge is 2.21. The molecule has 0 spiro atoms. The summed E-state index contributed by atoms with van der Waals surface area (Å²) in [5.41, 5.74) is 2.29. The van der Waals surface area contributed by atoms with Gasteiger partial charge in [-0.2, -0.15) is 0 Å². The van der Waals surface area contributed by atoms with Crippen molar-refractivity contribution in [1.29, 1.82) is 0 Å². The molecule has 1 atom stereocenters. The van der Waals surface area contributed by atoms with Gasteiger partial charge in [0.25, 0.3) is 5.91 Å². The van der Waals surface area contributed by atoms with E-state index < -0.39 is 17.9 Å². The van der Waals surface area contributed by atoms with Gasteiger partial charge in [-0.25, -0.2) is 4.79 Å². The number of pyridine rings is 1. The second-order valence-electron chi connectivity index (χ2n) is 4.73. The summed E-state index contributed by atoms with van der Waals surface area (Å²) in [5, 5.41) is 11.8. The monoisotopic (exact) mass is 284 g/mol. The maximum Gasteiger partial charge on any atom is 0.326 e. The first-order chi connectivity index (χ1) is 10.1. The van der Waals surface area contributed by atoms with Crippen molar-refractivity contribution in [3.05, 3.63) is 65.5 Å². The minimum absolute atomic E-state index is 0.249. The largest absolute Gasteiger partial charge is 0.480 e. The van der Waals surface area contributed by atoms with Crippen LogP contribution >= 0.6 is 0 Å². The maximum atomic E-state index is 12.0. The number of hydrogen-bond donors (Lipinski definition) is 2. The molecule has 1 aromatic carbocycles. The third-order valence-corrected chi connectivity index (χ3v) is 3.23. The molecule has 0 aliphatic heterocycles. The fourth-order valence-electron chi connectivity index (χ4n) is 2.00. The predicted molar refractivity (Wildman–Crippen MR) is 78.0 cm³/mol. The van der Waals surface area contributed by atoms with E-state index in [2.05, 4.69) is 10.3 Å². The van der Waals surface area contributed by atoms with Crippen LogP contribution in [-0.2, 0) is 11.2 Å². The highest BCUT2D eigenvalue weighted by atomic mass is 16.4. The molecule has 0 unspecified atom stereocenters. The lowest BCUT2D eigenvalue weighted by molar-refractivity contribution is -0.139. The van der Waals surface area contributed by atoms with Gasteiger partial charge in [0.1, 0.15) is 6.04 Å². The molecule has 108 valence electrons. The molecule has 2 aromatic rings. The summed E-state index contributed by atoms with van der Waals surface area (Å²) in [6.45, 7) is 1.92. The summed E-state index contributed by atoms with van der Waals surface area (Å²) >= 11 is 0. The number of amides is 1. The van der Waals surface area contributed by atoms with Crippen LogP contribution in [0.3, 0.4) is 0 Å². The lowest BCUT2D eigenvalue weighted by atomic mass is 10.0. The minimum Gasteiger partial charge on any atom is -0.480 e. The average molecular weight is 284 g/mol. The van der Waals surface area contributed by atoms with Gasteiger partial charge in [0.2, 0.25) is 0 Å². The third kappa shape index (κ3) is 3.89. The number of aryl methyl sites for hydroxylation is 1. The first kappa shape index (κ1) is 14.7. The fourth-order valence-corrected chi connectivity index (χ4v) is 2.00. The second kappa shape index (κ2) is 6.65. The van der Waals surface area contributed by atoms with E-state index in [1.807, 2.05) is 31.2 Å². The molecule has 0 saturated heterocycles. The van der Waals surface area contributed by atoms with Gasteiger partial charge in [0.15, 0.2) is 0 Å². The molecule has 1 amide bonds. The van der Waals surface area contributed by atoms with Crippen LogP contribution in [0.25, 0.3) is 0 Å². The van der Waals surface area contributed by atoms with Crippen molar-refractivity contribution in [3.8, 4) is 0 Å². The van der Waals surface area contributed by atoms with Crippen LogP contribution in [0.1, 0.15) is 21.5 Å². The van der Waals surface area contributed by atoms with Crippen LogP contribution < -0.4 is 5.32 Å². The zero-order chi connectivity index (χ0) is 15.2. The Balaban J connectivity index is 2.12. The van der Waals surface area contributed by atoms with Gasteiger partial charge >= 0.3 is 5.97 Å². The molecule has 0 saturated carbocycles. The zero-order valence-electron chi connectivity index (χ0n) is 11.6. The number of carbonyl (C=O) groups excluding carboxylic acids is 1. The SMILES string of the molecule is Cc1ccccc1C[C@@H](NC(=O)c1ccncc1)C(=O)O. The summed E-state index contributed by atoms with van der Waals surface area (Å²) in [4.78, 5) is 27.2. The Labute approximate surface area is 122 Å². The van der Waals surface area contributed by atoms with Crippen LogP contribution in [0.5, 0.6) is 0 Å². The zero-order valence-corrected chi connectivity index (χ0v) is 11.6. The molecular formula is C16H16N2O3. The van der Waals surface area contributed by atoms with E-state index in [1.165, 1.54) is 12.4 Å². The molecule has 1 heterocycles. The predicted octanol–water partition coefficient (Wildman–Crippen LogP) is 1.82. The Morgan fingerprint density at radius 3 is 2.48 bits per heavy atom. The number of rotatable bonds is 5. The van der Waals surface area contributed by atoms with Crippen LogP contribution in [0.2, 0.25) is 0 Å². The highest BCUT2D eigenvalue weighted by molar-refractivity contribution is 5.96. The van der Waals surface area contributed by atoms with Gasteiger partial charge in [0.05, 0.1) is 0 Å². The Kier molecular flexibility index (Phi) is 4.66. The molecule has 1 aromatic heterocycles. The second-order valence-corrected chi connectivity index (χ2v) is 4.73. The maximum absolute atomic E-state index is 12.0. The fraction of sp³-hybridized carbons (Fsp3) is 0.188. The summed E-state index contributed by atoms with van der Waals surface area (Å²) in [7, 11) is 0. The smallest absolute Gasteiger partial charge is 0.326 e. The van der Waals surface area contributed by atoms with Crippen molar-refractivity contribution >= 4 is 11.9 Å². The van der Waals surface area contributed by atoms with Gasteiger partial charge in [-0.3, -0.25) is 9.78 Å². The molecule has 5 nitrogen and oxygen atoms in total. The van der Waals surface area contributed by atoms with Gasteiger partial charge in [0, 0.05) is 24.4 Å². The lowest BCUT2D eigenvalue weighted by Crippen LogP contribution is -2.42. The lowest BCUT2D eigenvalue weighted by Gasteiger charge is -2.16. The number of carboxylic acid groups (broad SMARTS) is 1. The van der Waals surface area contributed by atoms with Crippen molar-refractivity contribution in [1.82, 2.24) is 10.3 Å². The van der Waals surface area contributed by atoms with E-state index >= 15 is 0 Å². The van der Waals surface area contributed by atoms with Crippen molar-refractivity contribution in [2.24, 2.45) is 0 Å². The van der Waals surface area contributed by atoms with Gasteiger partial charge in [-0.1, -0.05) is 24.3 Å². The van der Waals surface area contributed by atoms with E-state index in [9.17, 15) is 14.7 Å². The third-order valence-electron chi connectivity index (χ3n) is 3.23. The molecular weight excluding hydrogens is 268 g/mol. The first-order valence-corrected chi connectivity index (χ1v) is 6.56. The molecule has 5 heteroatoms. The van der Waals surface area contributed by atoms with Crippen molar-refractivity contribution in [2.45, 2.75) is 19.4 Å². The molecule has 2 N–H and O–H groups in total. The van der Waals surface area contributed by atoms with Crippen molar-refractivity contribution < 1.29 is 14.7 Å². The Morgan fingerprint density at radius 2 is 1.86 bits per heavy atom. The molecule has 0 fully saturated rings. The molecule has 0 radical (unpaired) electrons. The number of aliphatic carboxylic acids is 1. The number of benzene rings is 1. The number of aromatic nitrogens is 1. The van der Waals surface area contributed by atoms with Crippen LogP contribution in [-0.4, -0.2) is 28.0 Å². The highest BCUT2D eigenvalue weighted by Crippen LogP contribution is 2.10. The Morgan fingerprint density at radius 1 is 1.19 bits per heavy atom. The topological polar surface area (TPSA) is 79.3 Å². The van der Waals surface area contributed by atoms with E-state index in [-0.39, 0.29) is 6.42 Å². The van der Waals surface area contributed by atoms with Gasteiger partial charge in [-0.15, -0.1) is 0 Å². The molecule has 0 aliphatic carbocycles. The van der Waals surface area contributed by atoms with Gasteiger partial charge < -0.3 is 10.4 Å². The number of nitrogens with zero attached hydrogens (tertiary/aromatic N) is 1. The van der Waals surface area contributed by atoms with Crippen LogP contribution in [0.4, 0.5) is 0 Å². The Hall–Kier alpha value is -2.69. The van der Waals surface area contributed by atoms with Crippen molar-refractivity contribution in [2.75, 3.05) is 0 Å². The van der Waals surface area contributed by atoms with Crippen molar-refractivity contribution in [3.63, 3.8) is 0 Å². The summed E-state index contributed by atoms with van der Waals surface area (Å²) in [5.74, 6) is -1.47.